The third-order valence-corrected chi connectivity index (χ3v) is 2.65. The zero-order valence-corrected chi connectivity index (χ0v) is 14.2. The normalized spacial score (nSPS) is 15.8. The molecule has 0 bridgehead atoms. The van der Waals surface area contributed by atoms with E-state index in [1.54, 1.807) is 0 Å². The van der Waals surface area contributed by atoms with Crippen molar-refractivity contribution in [2.75, 3.05) is 0 Å². The van der Waals surface area contributed by atoms with Crippen LogP contribution in [0.25, 0.3) is 6.08 Å². The summed E-state index contributed by atoms with van der Waals surface area (Å²) in [5.74, 6) is 0.485. The van der Waals surface area contributed by atoms with Crippen LogP contribution in [0.4, 0.5) is 0 Å². The van der Waals surface area contributed by atoms with Crippen LogP contribution in [0.3, 0.4) is 0 Å². The number of aryl methyl sites for hydroxylation is 2. The van der Waals surface area contributed by atoms with Gasteiger partial charge in [0.05, 0.1) is 0 Å². The minimum Gasteiger partial charge on any atom is -1.00 e. The summed E-state index contributed by atoms with van der Waals surface area (Å²) in [6.07, 6.45) is 5.42. The van der Waals surface area contributed by atoms with Crippen LogP contribution in [0.1, 0.15) is 35.1 Å². The van der Waals surface area contributed by atoms with Crippen LogP contribution in [-0.2, 0) is 25.8 Å². The van der Waals surface area contributed by atoms with Gasteiger partial charge in [0.15, 0.2) is 0 Å². The molecule has 0 fully saturated rings. The minimum absolute atomic E-state index is 0. The fourth-order valence-corrected chi connectivity index (χ4v) is 1.67. The van der Waals surface area contributed by atoms with Gasteiger partial charge in [-0.3, -0.25) is 6.08 Å². The molecule has 1 unspecified atom stereocenters. The number of benzene rings is 1. The molecule has 0 heterocycles. The Labute approximate surface area is 123 Å². The summed E-state index contributed by atoms with van der Waals surface area (Å²) in [7, 11) is 0. The summed E-state index contributed by atoms with van der Waals surface area (Å²) in [6, 6.07) is 4.53. The molecule has 1 aliphatic rings. The molecule has 1 aromatic rings. The van der Waals surface area contributed by atoms with E-state index < -0.39 is 0 Å². The second kappa shape index (κ2) is 6.88. The molecular formula is C12H13Cl2Hf-3. The number of rotatable bonds is 0. The maximum Gasteiger partial charge on any atom is 0 e. The van der Waals surface area contributed by atoms with E-state index in [1.165, 1.54) is 22.3 Å². The van der Waals surface area contributed by atoms with Crippen molar-refractivity contribution in [2.24, 2.45) is 0 Å². The molecular weight excluding hydrogens is 394 g/mol. The van der Waals surface area contributed by atoms with E-state index in [4.69, 9.17) is 0 Å². The molecule has 1 aromatic carbocycles. The van der Waals surface area contributed by atoms with Crippen LogP contribution in [0, 0.1) is 19.9 Å². The molecule has 1 aliphatic carbocycles. The number of allylic oxidation sites excluding steroid dienone is 1. The van der Waals surface area contributed by atoms with Gasteiger partial charge in [0, 0.05) is 25.8 Å². The molecule has 0 radical (unpaired) electrons. The fourth-order valence-electron chi connectivity index (χ4n) is 1.67. The second-order valence-corrected chi connectivity index (χ2v) is 3.60. The van der Waals surface area contributed by atoms with Crippen molar-refractivity contribution in [2.45, 2.75) is 26.7 Å². The smallest absolute Gasteiger partial charge is 0 e. The first-order valence-corrected chi connectivity index (χ1v) is 4.39. The van der Waals surface area contributed by atoms with Gasteiger partial charge in [-0.25, -0.2) is 6.08 Å². The van der Waals surface area contributed by atoms with Gasteiger partial charge in [-0.15, -0.1) is 11.6 Å². The Bertz CT molecular complexity index is 359. The standard InChI is InChI=1S/C12H13.2ClH.Hf/c1-8-4-5-11-6-9(2)10(3)7-12(8)11;;;/h5-8H,1-3H3;2*1H;/q-1;;;/p-2. The van der Waals surface area contributed by atoms with Crippen LogP contribution in [0.15, 0.2) is 12.1 Å². The number of halogens is 2. The second-order valence-electron chi connectivity index (χ2n) is 3.60. The van der Waals surface area contributed by atoms with Crippen molar-refractivity contribution in [3.05, 3.63) is 40.5 Å². The summed E-state index contributed by atoms with van der Waals surface area (Å²) in [4.78, 5) is 0. The molecule has 0 aliphatic heterocycles. The maximum atomic E-state index is 3.31. The fraction of sp³-hybridized carbons (Fsp3) is 0.333. The van der Waals surface area contributed by atoms with E-state index in [1.807, 2.05) is 0 Å². The zero-order chi connectivity index (χ0) is 8.72. The van der Waals surface area contributed by atoms with E-state index >= 15 is 0 Å². The van der Waals surface area contributed by atoms with Crippen molar-refractivity contribution in [1.82, 2.24) is 0 Å². The Morgan fingerprint density at radius 2 is 1.60 bits per heavy atom. The van der Waals surface area contributed by atoms with Gasteiger partial charge in [-0.05, 0) is 13.8 Å². The zero-order valence-electron chi connectivity index (χ0n) is 9.07. The van der Waals surface area contributed by atoms with Crippen molar-refractivity contribution in [1.29, 1.82) is 0 Å². The molecule has 0 spiro atoms. The predicted molar refractivity (Wildman–Crippen MR) is 52.0 cm³/mol. The molecule has 0 saturated heterocycles. The minimum atomic E-state index is 0. The molecule has 0 saturated carbocycles. The number of hydrogen-bond acceptors (Lipinski definition) is 0. The average molecular weight is 407 g/mol. The number of fused-ring (bicyclic) bond motifs is 1. The molecule has 0 nitrogen and oxygen atoms in total. The van der Waals surface area contributed by atoms with Gasteiger partial charge in [-0.1, -0.05) is 30.0 Å². The monoisotopic (exact) mass is 407 g/mol. The quantitative estimate of drug-likeness (QED) is 0.324. The van der Waals surface area contributed by atoms with Crippen LogP contribution in [0.2, 0.25) is 0 Å². The van der Waals surface area contributed by atoms with Crippen molar-refractivity contribution in [3.8, 4) is 0 Å². The van der Waals surface area contributed by atoms with Gasteiger partial charge in [0.1, 0.15) is 0 Å². The molecule has 2 rings (SSSR count). The molecule has 15 heavy (non-hydrogen) atoms. The predicted octanol–water partition coefficient (Wildman–Crippen LogP) is -2.76. The third kappa shape index (κ3) is 3.44. The van der Waals surface area contributed by atoms with E-state index in [0.717, 1.165) is 0 Å². The first-order valence-electron chi connectivity index (χ1n) is 4.39. The van der Waals surface area contributed by atoms with Gasteiger partial charge in [0.2, 0.25) is 0 Å². The molecule has 0 amide bonds. The van der Waals surface area contributed by atoms with Gasteiger partial charge in [0.25, 0.3) is 0 Å². The van der Waals surface area contributed by atoms with Crippen LogP contribution >= 0.6 is 0 Å². The summed E-state index contributed by atoms with van der Waals surface area (Å²) < 4.78 is 0. The summed E-state index contributed by atoms with van der Waals surface area (Å²) >= 11 is 0. The topological polar surface area (TPSA) is 0 Å². The molecule has 1 atom stereocenters. The summed E-state index contributed by atoms with van der Waals surface area (Å²) in [5, 5.41) is 0. The van der Waals surface area contributed by atoms with Crippen molar-refractivity contribution in [3.63, 3.8) is 0 Å². The van der Waals surface area contributed by atoms with E-state index in [0.29, 0.717) is 5.92 Å². The van der Waals surface area contributed by atoms with Crippen LogP contribution in [0.5, 0.6) is 0 Å². The van der Waals surface area contributed by atoms with Crippen LogP contribution in [-0.4, -0.2) is 0 Å². The van der Waals surface area contributed by atoms with Crippen molar-refractivity contribution >= 4 is 6.08 Å². The van der Waals surface area contributed by atoms with Crippen molar-refractivity contribution < 1.29 is 50.7 Å². The van der Waals surface area contributed by atoms with Gasteiger partial charge >= 0.3 is 0 Å². The van der Waals surface area contributed by atoms with E-state index in [-0.39, 0.29) is 50.7 Å². The Balaban J connectivity index is 0. The van der Waals surface area contributed by atoms with E-state index in [9.17, 15) is 0 Å². The third-order valence-electron chi connectivity index (χ3n) is 2.65. The van der Waals surface area contributed by atoms with E-state index in [2.05, 4.69) is 45.1 Å². The SMILES string of the molecule is Cc1cc2c(cc1C)C(C)[C-]=C2.[Cl-].[Cl-].[Hf]. The average Bonchev–Trinajstić information content (AvgIpc) is 2.35. The summed E-state index contributed by atoms with van der Waals surface area (Å²) in [6.45, 7) is 6.52. The number of hydrogen-bond donors (Lipinski definition) is 0. The van der Waals surface area contributed by atoms with Crippen LogP contribution < -0.4 is 24.8 Å². The Kier molecular flexibility index (Phi) is 8.16. The van der Waals surface area contributed by atoms with Gasteiger partial charge in [-0.2, -0.15) is 5.56 Å². The Hall–Kier alpha value is 0.410. The molecule has 0 aromatic heterocycles. The maximum absolute atomic E-state index is 3.31. The van der Waals surface area contributed by atoms with Gasteiger partial charge < -0.3 is 24.8 Å². The first-order chi connectivity index (χ1) is 5.68. The Morgan fingerprint density at radius 3 is 2.20 bits per heavy atom. The largest absolute Gasteiger partial charge is 1.00 e. The molecule has 82 valence electrons. The Morgan fingerprint density at radius 1 is 1.07 bits per heavy atom. The molecule has 0 N–H and O–H groups in total. The summed E-state index contributed by atoms with van der Waals surface area (Å²) in [5.41, 5.74) is 5.54. The first kappa shape index (κ1) is 17.8. The molecule has 3 heteroatoms.